The van der Waals surface area contributed by atoms with E-state index in [-0.39, 0.29) is 29.5 Å². The van der Waals surface area contributed by atoms with Crippen molar-refractivity contribution < 1.29 is 19.1 Å². The number of ether oxygens (including phenoxy) is 1. The zero-order chi connectivity index (χ0) is 20.4. The number of rotatable bonds is 6. The van der Waals surface area contributed by atoms with Gasteiger partial charge in [0.15, 0.2) is 0 Å². The molecule has 1 aliphatic heterocycles. The van der Waals surface area contributed by atoms with Gasteiger partial charge in [0.1, 0.15) is 6.61 Å². The van der Waals surface area contributed by atoms with Crippen molar-refractivity contribution in [2.45, 2.75) is 26.4 Å². The van der Waals surface area contributed by atoms with E-state index in [1.54, 1.807) is 6.07 Å². The Bertz CT molecular complexity index is 1110. The fourth-order valence-corrected chi connectivity index (χ4v) is 3.58. The average Bonchev–Trinajstić information content (AvgIpc) is 2.99. The number of esters is 1. The number of carbonyl (C=O) groups excluding carboxylic acids is 3. The molecular weight excluding hydrogens is 366 g/mol. The molecule has 0 spiro atoms. The van der Waals surface area contributed by atoms with Gasteiger partial charge in [-0.05, 0) is 41.0 Å². The Hall–Kier alpha value is -3.47. The summed E-state index contributed by atoms with van der Waals surface area (Å²) in [6.07, 6.45) is 1.64. The highest BCUT2D eigenvalue weighted by Gasteiger charge is 2.35. The molecule has 0 unspecified atom stereocenters. The Kier molecular flexibility index (Phi) is 5.12. The summed E-state index contributed by atoms with van der Waals surface area (Å²) < 4.78 is 5.49. The van der Waals surface area contributed by atoms with E-state index >= 15 is 0 Å². The van der Waals surface area contributed by atoms with Crippen LogP contribution >= 0.6 is 0 Å². The predicted octanol–water partition coefficient (Wildman–Crippen LogP) is 4.59. The van der Waals surface area contributed by atoms with Crippen molar-refractivity contribution in [3.05, 3.63) is 82.9 Å². The number of hydrogen-bond acceptors (Lipinski definition) is 4. The number of fused-ring (bicyclic) bond motifs is 2. The Morgan fingerprint density at radius 2 is 1.69 bits per heavy atom. The van der Waals surface area contributed by atoms with Crippen molar-refractivity contribution in [3.63, 3.8) is 0 Å². The lowest BCUT2D eigenvalue weighted by atomic mass is 10.0. The second-order valence-electron chi connectivity index (χ2n) is 7.09. The first-order valence-electron chi connectivity index (χ1n) is 9.74. The van der Waals surface area contributed by atoms with Crippen molar-refractivity contribution in [2.75, 3.05) is 6.54 Å². The third-order valence-electron chi connectivity index (χ3n) is 5.18. The standard InChI is InChI=1S/C24H21NO4/c1-2-3-13-25-22(26)20-12-11-17(14-21(20)23(25)27)24(28)29-15-18-9-6-8-16-7-4-5-10-19(16)18/h4-12,14H,2-3,13,15H2,1H3. The molecule has 146 valence electrons. The van der Waals surface area contributed by atoms with E-state index in [9.17, 15) is 14.4 Å². The number of benzene rings is 3. The molecule has 29 heavy (non-hydrogen) atoms. The molecule has 1 heterocycles. The van der Waals surface area contributed by atoms with Gasteiger partial charge >= 0.3 is 5.97 Å². The summed E-state index contributed by atoms with van der Waals surface area (Å²) in [6, 6.07) is 18.3. The molecular formula is C24H21NO4. The summed E-state index contributed by atoms with van der Waals surface area (Å²) in [5.74, 6) is -1.16. The highest BCUT2D eigenvalue weighted by atomic mass is 16.5. The lowest BCUT2D eigenvalue weighted by Gasteiger charge is -2.12. The van der Waals surface area contributed by atoms with E-state index in [2.05, 4.69) is 0 Å². The lowest BCUT2D eigenvalue weighted by molar-refractivity contribution is 0.0474. The van der Waals surface area contributed by atoms with Crippen molar-refractivity contribution >= 4 is 28.6 Å². The van der Waals surface area contributed by atoms with Crippen LogP contribution in [0.25, 0.3) is 10.8 Å². The van der Waals surface area contributed by atoms with Crippen molar-refractivity contribution in [1.82, 2.24) is 4.90 Å². The normalized spacial score (nSPS) is 13.1. The molecule has 0 saturated carbocycles. The lowest BCUT2D eigenvalue weighted by Crippen LogP contribution is -2.30. The maximum Gasteiger partial charge on any atom is 0.338 e. The summed E-state index contributed by atoms with van der Waals surface area (Å²) >= 11 is 0. The summed E-state index contributed by atoms with van der Waals surface area (Å²) in [5.41, 5.74) is 1.79. The molecule has 4 rings (SSSR count). The number of nitrogens with zero attached hydrogens (tertiary/aromatic N) is 1. The first-order valence-corrected chi connectivity index (χ1v) is 9.74. The average molecular weight is 387 g/mol. The fourth-order valence-electron chi connectivity index (χ4n) is 3.58. The molecule has 0 aliphatic carbocycles. The van der Waals surface area contributed by atoms with Crippen LogP contribution in [0.15, 0.2) is 60.7 Å². The van der Waals surface area contributed by atoms with E-state index in [0.29, 0.717) is 12.1 Å². The molecule has 3 aromatic carbocycles. The van der Waals surface area contributed by atoms with Crippen molar-refractivity contribution in [3.8, 4) is 0 Å². The van der Waals surface area contributed by atoms with Gasteiger partial charge in [0.2, 0.25) is 0 Å². The molecule has 3 aromatic rings. The quantitative estimate of drug-likeness (QED) is 0.458. The maximum absolute atomic E-state index is 12.6. The van der Waals surface area contributed by atoms with Crippen LogP contribution in [0.1, 0.15) is 56.4 Å². The van der Waals surface area contributed by atoms with Crippen LogP contribution in [0, 0.1) is 0 Å². The monoisotopic (exact) mass is 387 g/mol. The smallest absolute Gasteiger partial charge is 0.338 e. The highest BCUT2D eigenvalue weighted by Crippen LogP contribution is 2.25. The molecule has 5 heteroatoms. The van der Waals surface area contributed by atoms with E-state index < -0.39 is 5.97 Å². The van der Waals surface area contributed by atoms with Crippen LogP contribution in [-0.2, 0) is 11.3 Å². The Labute approximate surface area is 168 Å². The van der Waals surface area contributed by atoms with Gasteiger partial charge in [-0.2, -0.15) is 0 Å². The second-order valence-corrected chi connectivity index (χ2v) is 7.09. The van der Waals surface area contributed by atoms with Gasteiger partial charge in [-0.1, -0.05) is 55.8 Å². The van der Waals surface area contributed by atoms with Gasteiger partial charge in [-0.15, -0.1) is 0 Å². The van der Waals surface area contributed by atoms with Crippen molar-refractivity contribution in [1.29, 1.82) is 0 Å². The molecule has 2 amide bonds. The van der Waals surface area contributed by atoms with E-state index in [1.807, 2.05) is 49.4 Å². The van der Waals surface area contributed by atoms with Crippen LogP contribution in [0.2, 0.25) is 0 Å². The van der Waals surface area contributed by atoms with E-state index in [0.717, 1.165) is 29.2 Å². The van der Waals surface area contributed by atoms with Crippen LogP contribution in [0.5, 0.6) is 0 Å². The van der Waals surface area contributed by atoms with Gasteiger partial charge in [-0.25, -0.2) is 4.79 Å². The molecule has 0 fully saturated rings. The van der Waals surface area contributed by atoms with E-state index in [4.69, 9.17) is 4.74 Å². The number of imide groups is 1. The van der Waals surface area contributed by atoms with Crippen LogP contribution in [0.4, 0.5) is 0 Å². The minimum Gasteiger partial charge on any atom is -0.457 e. The fraction of sp³-hybridized carbons (Fsp3) is 0.208. The maximum atomic E-state index is 12.6. The Balaban J connectivity index is 1.52. The molecule has 0 aromatic heterocycles. The minimum absolute atomic E-state index is 0.132. The summed E-state index contributed by atoms with van der Waals surface area (Å²) in [6.45, 7) is 2.53. The summed E-state index contributed by atoms with van der Waals surface area (Å²) in [4.78, 5) is 38.8. The first kappa shape index (κ1) is 18.9. The van der Waals surface area contributed by atoms with Gasteiger partial charge in [0, 0.05) is 6.54 Å². The molecule has 0 bridgehead atoms. The number of amides is 2. The van der Waals surface area contributed by atoms with Crippen LogP contribution in [0.3, 0.4) is 0 Å². The molecule has 0 atom stereocenters. The Morgan fingerprint density at radius 3 is 2.52 bits per heavy atom. The minimum atomic E-state index is -0.520. The number of unbranched alkanes of at least 4 members (excludes halogenated alkanes) is 1. The molecule has 5 nitrogen and oxygen atoms in total. The van der Waals surface area contributed by atoms with Gasteiger partial charge < -0.3 is 4.74 Å². The van der Waals surface area contributed by atoms with Crippen LogP contribution < -0.4 is 0 Å². The Morgan fingerprint density at radius 1 is 0.931 bits per heavy atom. The highest BCUT2D eigenvalue weighted by molar-refractivity contribution is 6.21. The van der Waals surface area contributed by atoms with Gasteiger partial charge in [0.05, 0.1) is 16.7 Å². The second kappa shape index (κ2) is 7.87. The summed E-state index contributed by atoms with van der Waals surface area (Å²) in [5, 5.41) is 2.11. The zero-order valence-electron chi connectivity index (χ0n) is 16.2. The summed E-state index contributed by atoms with van der Waals surface area (Å²) in [7, 11) is 0. The molecule has 1 aliphatic rings. The number of hydrogen-bond donors (Lipinski definition) is 0. The first-order chi connectivity index (χ1) is 14.1. The predicted molar refractivity (Wildman–Crippen MR) is 110 cm³/mol. The largest absolute Gasteiger partial charge is 0.457 e. The van der Waals surface area contributed by atoms with Crippen molar-refractivity contribution in [2.24, 2.45) is 0 Å². The third-order valence-corrected chi connectivity index (χ3v) is 5.18. The zero-order valence-corrected chi connectivity index (χ0v) is 16.2. The number of carbonyl (C=O) groups is 3. The third kappa shape index (κ3) is 3.51. The molecule has 0 saturated heterocycles. The topological polar surface area (TPSA) is 63.7 Å². The molecule has 0 N–H and O–H groups in total. The van der Waals surface area contributed by atoms with Gasteiger partial charge in [-0.3, -0.25) is 14.5 Å². The SMILES string of the molecule is CCCCN1C(=O)c2ccc(C(=O)OCc3cccc4ccccc34)cc2C1=O. The van der Waals surface area contributed by atoms with Gasteiger partial charge in [0.25, 0.3) is 11.8 Å². The molecule has 0 radical (unpaired) electrons. The van der Waals surface area contributed by atoms with Crippen LogP contribution in [-0.4, -0.2) is 29.2 Å². The van der Waals surface area contributed by atoms with E-state index in [1.165, 1.54) is 17.0 Å².